The Morgan fingerprint density at radius 3 is 1.78 bits per heavy atom. The van der Waals surface area contributed by atoms with Crippen LogP contribution in [0.5, 0.6) is 69.0 Å². The lowest BCUT2D eigenvalue weighted by atomic mass is 9.89. The van der Waals surface area contributed by atoms with Gasteiger partial charge in [-0.1, -0.05) is 112 Å². The Hall–Kier alpha value is -11.6. The number of nitrogens with one attached hydrogen (secondary N) is 9. The van der Waals surface area contributed by atoms with E-state index in [4.69, 9.17) is 60.9 Å². The number of carboxylic acid groups (broad SMARTS) is 1. The molecule has 41 nitrogen and oxygen atoms in total. The third kappa shape index (κ3) is 23.1. The number of likely N-dealkylation sites (N-methyl/N-ethyl adjacent to an activating group) is 1. The van der Waals surface area contributed by atoms with E-state index < -0.39 is 251 Å². The first-order valence-corrected chi connectivity index (χ1v) is 51.1. The molecule has 8 amide bonds. The van der Waals surface area contributed by atoms with Crippen LogP contribution in [0.15, 0.2) is 115 Å². The lowest BCUT2D eigenvalue weighted by Crippen LogP contribution is -2.66. The molecule has 144 heavy (non-hydrogen) atoms. The fourth-order valence-electron chi connectivity index (χ4n) is 19.7. The van der Waals surface area contributed by atoms with Crippen molar-refractivity contribution in [3.05, 3.63) is 164 Å². The highest BCUT2D eigenvalue weighted by atomic mass is 35.5. The first-order valence-electron chi connectivity index (χ1n) is 48.8. The van der Waals surface area contributed by atoms with Gasteiger partial charge in [-0.15, -0.1) is 14.0 Å². The van der Waals surface area contributed by atoms with E-state index in [1.807, 2.05) is 4.90 Å². The molecular formula is C100H123Cl2N13O28P+. The van der Waals surface area contributed by atoms with Crippen LogP contribution in [0.25, 0.3) is 11.1 Å². The van der Waals surface area contributed by atoms with Crippen molar-refractivity contribution in [3.63, 3.8) is 0 Å². The summed E-state index contributed by atoms with van der Waals surface area (Å²) in [5.41, 5.74) is -2.25. The number of amides is 8. The number of benzene rings is 7. The van der Waals surface area contributed by atoms with Crippen molar-refractivity contribution in [1.82, 2.24) is 66.8 Å². The highest BCUT2D eigenvalue weighted by molar-refractivity contribution is 7.64. The van der Waals surface area contributed by atoms with Crippen LogP contribution in [-0.2, 0) is 59.0 Å². The lowest BCUT2D eigenvalue weighted by molar-refractivity contribution is -0.277. The number of phenolic OH excluding ortho intramolecular Hbond substituents is 3. The maximum absolute atomic E-state index is 17.4. The van der Waals surface area contributed by atoms with Gasteiger partial charge in [-0.3, -0.25) is 42.9 Å². The smallest absolute Gasteiger partial charge is 0.417 e. The van der Waals surface area contributed by atoms with Gasteiger partial charge in [-0.2, -0.15) is 0 Å². The fourth-order valence-corrected chi connectivity index (χ4v) is 24.5. The van der Waals surface area contributed by atoms with Crippen LogP contribution in [0.3, 0.4) is 0 Å². The quantitative estimate of drug-likeness (QED) is 0.0174. The zero-order valence-electron chi connectivity index (χ0n) is 79.8. The summed E-state index contributed by atoms with van der Waals surface area (Å²) in [4.78, 5) is 144. The maximum Gasteiger partial charge on any atom is 0.417 e. The first kappa shape index (κ1) is 105. The third-order valence-electron chi connectivity index (χ3n) is 27.4. The molecule has 774 valence electrons. The van der Waals surface area contributed by atoms with E-state index in [1.165, 1.54) is 73.8 Å². The molecule has 0 unspecified atom stereocenters. The lowest BCUT2D eigenvalue weighted by Gasteiger charge is -2.41. The zero-order valence-corrected chi connectivity index (χ0v) is 82.2. The number of carboxylic acids is 1. The molecule has 18 atom stereocenters. The Morgan fingerprint density at radius 2 is 1.14 bits per heavy atom. The Bertz CT molecular complexity index is 5840. The van der Waals surface area contributed by atoms with Gasteiger partial charge in [0.1, 0.15) is 126 Å². The summed E-state index contributed by atoms with van der Waals surface area (Å²) in [6.07, 6.45) is -8.57. The van der Waals surface area contributed by atoms with Crippen molar-refractivity contribution in [2.75, 3.05) is 80.1 Å². The molecular weight excluding hydrogens is 1930 g/mol. The second kappa shape index (κ2) is 46.4. The topological polar surface area (TPSA) is 571 Å². The van der Waals surface area contributed by atoms with Gasteiger partial charge in [-0.25, -0.2) is 4.79 Å². The van der Waals surface area contributed by atoms with Crippen molar-refractivity contribution in [2.24, 2.45) is 0 Å². The monoisotopic (exact) mass is 2050 g/mol. The van der Waals surface area contributed by atoms with Gasteiger partial charge < -0.3 is 142 Å². The van der Waals surface area contributed by atoms with Gasteiger partial charge in [0.15, 0.2) is 29.1 Å². The van der Waals surface area contributed by atoms with Crippen LogP contribution in [0, 0.1) is 0 Å². The number of aliphatic carboxylic acids is 1. The van der Waals surface area contributed by atoms with Gasteiger partial charge >= 0.3 is 13.9 Å². The zero-order chi connectivity index (χ0) is 102. The molecule has 18 rings (SSSR count). The number of nitrogens with zero attached hydrogens (tertiary/aromatic N) is 4. The van der Waals surface area contributed by atoms with Gasteiger partial charge in [-0.05, 0) is 185 Å². The minimum Gasteiger partial charge on any atom is -0.508 e. The second-order valence-corrected chi connectivity index (χ2v) is 41.5. The number of unbranched alkanes of at least 4 members (excludes halogenated alkanes) is 8. The number of hydrogen-bond acceptors (Lipinski definition) is 32. The van der Waals surface area contributed by atoms with E-state index in [1.54, 1.807) is 14.1 Å². The maximum atomic E-state index is 17.4. The largest absolute Gasteiger partial charge is 0.508 e. The number of rotatable bonds is 28. The molecule has 0 saturated carbocycles. The summed E-state index contributed by atoms with van der Waals surface area (Å²) in [5.74, 6) is -16.4. The van der Waals surface area contributed by atoms with Crippen LogP contribution in [-0.4, -0.2) is 282 Å². The molecule has 0 spiro atoms. The summed E-state index contributed by atoms with van der Waals surface area (Å²) in [7, 11) is 1.82. The minimum atomic E-state index is -3.22. The average Bonchev–Trinajstić information content (AvgIpc) is 1.71. The molecule has 20 N–H and O–H groups in total. The highest BCUT2D eigenvalue weighted by Gasteiger charge is 2.63. The van der Waals surface area contributed by atoms with Crippen molar-refractivity contribution in [1.29, 1.82) is 0 Å². The molecule has 7 aromatic carbocycles. The number of halogens is 2. The molecule has 0 aromatic heterocycles. The third-order valence-corrected chi connectivity index (χ3v) is 31.9. The molecule has 44 heteroatoms. The predicted molar refractivity (Wildman–Crippen MR) is 520 cm³/mol. The minimum absolute atomic E-state index is 0.0778. The molecule has 11 aliphatic heterocycles. The molecule has 5 saturated heterocycles. The average molecular weight is 2060 g/mol. The molecule has 7 aromatic rings. The van der Waals surface area contributed by atoms with Crippen molar-refractivity contribution in [3.8, 4) is 80.1 Å². The van der Waals surface area contributed by atoms with Crippen LogP contribution in [0.4, 0.5) is 0 Å². The summed E-state index contributed by atoms with van der Waals surface area (Å²) in [6, 6.07) is 7.43. The summed E-state index contributed by atoms with van der Waals surface area (Å²) in [6.45, 7) is 5.16. The van der Waals surface area contributed by atoms with Crippen LogP contribution >= 0.6 is 31.1 Å². The van der Waals surface area contributed by atoms with Crippen molar-refractivity contribution >= 4 is 84.4 Å². The van der Waals surface area contributed by atoms with Crippen LogP contribution < -0.4 is 76.1 Å². The van der Waals surface area contributed by atoms with E-state index in [2.05, 4.69) is 68.8 Å². The number of phenols is 3. The number of aliphatic hydroxyl groups excluding tert-OH is 7. The SMILES string of the molecule is CCCCCCCCCCCC(=O)N[C@H]1[C@H](Oc2c3cc4cc2Oc2ccc(cc2Cl)[C@@H](O)[C@@H]2NC(=O)[C@H](NC(=O)[C@@H]4NC(=O)[C@H]4NC(=O)[C@@H](Cc5ccc(cc5)O3)NC(=O)[C@H](NC)c3ccc(O)c(c3)Oc3cc(O[P+](N5CCCC5)(N5CCCC5)N5CCCC5)c(Cl)c4c3)c3ccc(O)c(c3)-c3c(O[C@H]4O[C@H](CO)[C@@H](O)[C@H](O)[C@@H]4O)cc(O)cc3[C@H](C(=O)NCCCN(C)C)NC2=O)O[C@H](C(=O)O)[C@@H](O)[C@@H]1O. The Labute approximate surface area is 840 Å². The Morgan fingerprint density at radius 1 is 0.535 bits per heavy atom. The number of carbonyl (C=O) groups excluding carboxylic acids is 8. The summed E-state index contributed by atoms with van der Waals surface area (Å²) in [5, 5.41) is 153. The van der Waals surface area contributed by atoms with Gasteiger partial charge in [0.25, 0.3) is 0 Å². The fraction of sp³-hybridized carbons (Fsp3) is 0.490. The number of aliphatic hydroxyl groups is 7. The number of aromatic hydroxyl groups is 3. The van der Waals surface area contributed by atoms with E-state index in [-0.39, 0.29) is 69.7 Å². The summed E-state index contributed by atoms with van der Waals surface area (Å²) >= 11 is 15.5. The number of hydrogen-bond donors (Lipinski definition) is 20. The van der Waals surface area contributed by atoms with Crippen molar-refractivity contribution < 1.29 is 137 Å². The Balaban J connectivity index is 0.930. The van der Waals surface area contributed by atoms with Crippen LogP contribution in [0.1, 0.15) is 191 Å². The number of carbonyl (C=O) groups is 9. The van der Waals surface area contributed by atoms with Crippen LogP contribution in [0.2, 0.25) is 10.0 Å². The molecule has 11 heterocycles. The van der Waals surface area contributed by atoms with Gasteiger partial charge in [0.2, 0.25) is 71.3 Å². The van der Waals surface area contributed by atoms with Gasteiger partial charge in [0.05, 0.1) is 16.7 Å². The van der Waals surface area contributed by atoms with Crippen molar-refractivity contribution in [2.45, 2.75) is 232 Å². The normalized spacial score (nSPS) is 26.4. The summed E-state index contributed by atoms with van der Waals surface area (Å²) < 4.78 is 60.6. The predicted octanol–water partition coefficient (Wildman–Crippen LogP) is 6.95. The van der Waals surface area contributed by atoms with E-state index >= 15 is 33.6 Å². The van der Waals surface area contributed by atoms with Gasteiger partial charge in [0, 0.05) is 87.5 Å². The molecule has 11 aliphatic rings. The number of fused-ring (bicyclic) bond motifs is 14. The Kier molecular flexibility index (Phi) is 33.9. The van der Waals surface area contributed by atoms with E-state index in [9.17, 15) is 65.8 Å². The molecule has 0 radical (unpaired) electrons. The second-order valence-electron chi connectivity index (χ2n) is 37.8. The molecule has 5 fully saturated rings. The standard InChI is InChI=1S/C100H122Cl2N13O28P/c1-5-6-7-8-9-10-11-12-13-21-73(120)106-82-85(123)87(125)90(98(134)135)142-99(82)141-89-70-44-55-45-71(89)138-66-31-26-54(42-62(66)101)83(121)81-97(133)110-79(92(128)104-32-20-33-112(3)4)60-46-56(117)47-68(139-100-88(126)86(124)84(122)72(50-116)140-100)74(60)59-41-52(24-29-64(59)118)77(94(130)111-81)107-95(131)78(55)108-96(132)80-61-48-58(49-69(75(61)102)143-144(113-34-14-15-35-113,114-36-16-17-37-114)115-38-18-19-39-115)137-67-43-53(25-30-65(67)119)76(103-2)93(129)105-63(91(127)109-80)40-51-22-27-57(136-70)28-23-51/h22-31,41-49,63,72,76-88,90,99-100,103,116,121-126H,5-21,32-40,50H2,1-4H3,(H11-,104,105,106,107,108,109,110,111,117,118,119,120,127,128,129,130,131,132,133,134,135)/p+1/t63-,72-,76-,77-,78-,79-,80+,81+,82-,83-,84-,85-,86+,87+,88+,90+,99-,100+/m1/s1. The molecule has 17 bridgehead atoms. The molecule has 0 aliphatic carbocycles. The van der Waals surface area contributed by atoms with E-state index in [0.717, 1.165) is 132 Å². The van der Waals surface area contributed by atoms with E-state index in [0.29, 0.717) is 70.6 Å². The number of ether oxygens (including phenoxy) is 7. The highest BCUT2D eigenvalue weighted by Crippen LogP contribution is 2.71. The first-order chi connectivity index (χ1) is 69.2.